The van der Waals surface area contributed by atoms with E-state index in [4.69, 9.17) is 0 Å². The SMILES string of the molecule is Cc1cc(S(=O)(=O)N2CCN(CC(=O)c3c[nH]c4ccccc34)CC2)ccc1F. The van der Waals surface area contributed by atoms with Gasteiger partial charge in [-0.25, -0.2) is 12.8 Å². The van der Waals surface area contributed by atoms with E-state index in [0.29, 0.717) is 37.3 Å². The summed E-state index contributed by atoms with van der Waals surface area (Å²) in [7, 11) is -3.68. The minimum absolute atomic E-state index is 0.00733. The first-order valence-electron chi connectivity index (χ1n) is 9.44. The van der Waals surface area contributed by atoms with Crippen LogP contribution in [0.25, 0.3) is 10.9 Å². The quantitative estimate of drug-likeness (QED) is 0.651. The second-order valence-corrected chi connectivity index (χ2v) is 9.20. The topological polar surface area (TPSA) is 73.5 Å². The molecule has 6 nitrogen and oxygen atoms in total. The monoisotopic (exact) mass is 415 g/mol. The number of aromatic nitrogens is 1. The Morgan fingerprint density at radius 2 is 1.83 bits per heavy atom. The number of rotatable bonds is 5. The summed E-state index contributed by atoms with van der Waals surface area (Å²) in [6.07, 6.45) is 1.73. The molecule has 152 valence electrons. The number of para-hydroxylation sites is 1. The average molecular weight is 415 g/mol. The third-order valence-electron chi connectivity index (χ3n) is 5.36. The van der Waals surface area contributed by atoms with Crippen molar-refractivity contribution in [3.05, 3.63) is 65.6 Å². The summed E-state index contributed by atoms with van der Waals surface area (Å²) in [6.45, 7) is 3.30. The zero-order valence-electron chi connectivity index (χ0n) is 16.1. The number of nitrogens with one attached hydrogen (secondary N) is 1. The zero-order chi connectivity index (χ0) is 20.6. The predicted molar refractivity (Wildman–Crippen MR) is 109 cm³/mol. The molecule has 0 amide bonds. The lowest BCUT2D eigenvalue weighted by Gasteiger charge is -2.33. The Labute approximate surface area is 169 Å². The highest BCUT2D eigenvalue weighted by molar-refractivity contribution is 7.89. The average Bonchev–Trinajstić information content (AvgIpc) is 3.15. The Balaban J connectivity index is 1.41. The van der Waals surface area contributed by atoms with Crippen molar-refractivity contribution < 1.29 is 17.6 Å². The molecule has 1 N–H and O–H groups in total. The number of hydrogen-bond donors (Lipinski definition) is 1. The Kier molecular flexibility index (Phi) is 5.24. The van der Waals surface area contributed by atoms with Gasteiger partial charge in [0.25, 0.3) is 0 Å². The summed E-state index contributed by atoms with van der Waals surface area (Å²) in [4.78, 5) is 17.9. The van der Waals surface area contributed by atoms with Crippen LogP contribution in [0.5, 0.6) is 0 Å². The van der Waals surface area contributed by atoms with Crippen LogP contribution in [-0.4, -0.2) is 61.1 Å². The van der Waals surface area contributed by atoms with Gasteiger partial charge in [-0.1, -0.05) is 18.2 Å². The van der Waals surface area contributed by atoms with Gasteiger partial charge in [0.2, 0.25) is 10.0 Å². The van der Waals surface area contributed by atoms with Gasteiger partial charge in [-0.15, -0.1) is 0 Å². The number of sulfonamides is 1. The van der Waals surface area contributed by atoms with Crippen molar-refractivity contribution >= 4 is 26.7 Å². The molecule has 8 heteroatoms. The first-order valence-corrected chi connectivity index (χ1v) is 10.9. The maximum Gasteiger partial charge on any atom is 0.243 e. The Morgan fingerprint density at radius 1 is 1.10 bits per heavy atom. The van der Waals surface area contributed by atoms with Crippen LogP contribution in [0.1, 0.15) is 15.9 Å². The lowest BCUT2D eigenvalue weighted by atomic mass is 10.1. The number of nitrogens with zero attached hydrogens (tertiary/aromatic N) is 2. The number of hydrogen-bond acceptors (Lipinski definition) is 4. The number of piperazine rings is 1. The number of fused-ring (bicyclic) bond motifs is 1. The van der Waals surface area contributed by atoms with Crippen molar-refractivity contribution in [1.29, 1.82) is 0 Å². The highest BCUT2D eigenvalue weighted by atomic mass is 32.2. The molecule has 2 aromatic carbocycles. The fraction of sp³-hybridized carbons (Fsp3) is 0.286. The maximum atomic E-state index is 13.5. The van der Waals surface area contributed by atoms with Gasteiger partial charge < -0.3 is 4.98 Å². The molecule has 1 fully saturated rings. The number of carbonyl (C=O) groups is 1. The van der Waals surface area contributed by atoms with E-state index in [1.54, 1.807) is 13.1 Å². The highest BCUT2D eigenvalue weighted by Gasteiger charge is 2.29. The van der Waals surface area contributed by atoms with Crippen LogP contribution in [0.3, 0.4) is 0 Å². The van der Waals surface area contributed by atoms with Gasteiger partial charge in [-0.3, -0.25) is 9.69 Å². The van der Waals surface area contributed by atoms with Gasteiger partial charge in [0.15, 0.2) is 5.78 Å². The molecule has 0 unspecified atom stereocenters. The number of carbonyl (C=O) groups excluding carboxylic acids is 1. The number of Topliss-reactive ketones (excluding diaryl/α,β-unsaturated/α-hetero) is 1. The fourth-order valence-electron chi connectivity index (χ4n) is 3.65. The second-order valence-electron chi connectivity index (χ2n) is 7.26. The smallest absolute Gasteiger partial charge is 0.243 e. The van der Waals surface area contributed by atoms with Crippen molar-refractivity contribution in [3.63, 3.8) is 0 Å². The summed E-state index contributed by atoms with van der Waals surface area (Å²) in [6, 6.07) is 11.5. The van der Waals surface area contributed by atoms with Crippen LogP contribution in [-0.2, 0) is 10.0 Å². The van der Waals surface area contributed by atoms with Crippen LogP contribution in [0.4, 0.5) is 4.39 Å². The molecule has 0 atom stereocenters. The standard InChI is InChI=1S/C21H22FN3O3S/c1-15-12-16(6-7-19(15)22)29(27,28)25-10-8-24(9-11-25)14-21(26)18-13-23-20-5-3-2-4-17(18)20/h2-7,12-13,23H,8-11,14H2,1H3. The lowest BCUT2D eigenvalue weighted by molar-refractivity contribution is 0.0903. The zero-order valence-corrected chi connectivity index (χ0v) is 16.9. The number of ketones is 1. The summed E-state index contributed by atoms with van der Waals surface area (Å²) in [5, 5.41) is 0.894. The first-order chi connectivity index (χ1) is 13.9. The maximum absolute atomic E-state index is 13.5. The number of aryl methyl sites for hydroxylation is 1. The van der Waals surface area contributed by atoms with Crippen molar-refractivity contribution in [2.45, 2.75) is 11.8 Å². The second kappa shape index (κ2) is 7.70. The molecule has 0 aliphatic carbocycles. The summed E-state index contributed by atoms with van der Waals surface area (Å²) in [5.41, 5.74) is 1.87. The van der Waals surface area contributed by atoms with Crippen LogP contribution >= 0.6 is 0 Å². The van der Waals surface area contributed by atoms with Crippen molar-refractivity contribution in [3.8, 4) is 0 Å². The largest absolute Gasteiger partial charge is 0.360 e. The van der Waals surface area contributed by atoms with E-state index < -0.39 is 15.8 Å². The van der Waals surface area contributed by atoms with Gasteiger partial charge in [0.05, 0.1) is 11.4 Å². The molecular weight excluding hydrogens is 393 g/mol. The molecule has 0 radical (unpaired) electrons. The molecule has 2 heterocycles. The number of aromatic amines is 1. The van der Waals surface area contributed by atoms with Gasteiger partial charge in [-0.2, -0.15) is 4.31 Å². The Hall–Kier alpha value is -2.55. The molecule has 0 bridgehead atoms. The van der Waals surface area contributed by atoms with E-state index in [1.165, 1.54) is 22.5 Å². The van der Waals surface area contributed by atoms with Crippen molar-refractivity contribution in [2.75, 3.05) is 32.7 Å². The van der Waals surface area contributed by atoms with Gasteiger partial charge in [0, 0.05) is 48.8 Å². The molecule has 0 saturated carbocycles. The predicted octanol–water partition coefficient (Wildman–Crippen LogP) is 2.80. The van der Waals surface area contributed by atoms with Crippen LogP contribution in [0, 0.1) is 12.7 Å². The number of halogens is 1. The minimum Gasteiger partial charge on any atom is -0.360 e. The molecule has 3 aromatic rings. The van der Waals surface area contributed by atoms with E-state index >= 15 is 0 Å². The van der Waals surface area contributed by atoms with E-state index in [-0.39, 0.29) is 17.2 Å². The van der Waals surface area contributed by atoms with Crippen LogP contribution in [0.2, 0.25) is 0 Å². The normalized spacial score (nSPS) is 16.3. The summed E-state index contributed by atoms with van der Waals surface area (Å²) in [5.74, 6) is -0.419. The minimum atomic E-state index is -3.68. The van der Waals surface area contributed by atoms with E-state index in [2.05, 4.69) is 4.98 Å². The molecule has 4 rings (SSSR count). The molecule has 1 aliphatic heterocycles. The number of benzene rings is 2. The lowest BCUT2D eigenvalue weighted by Crippen LogP contribution is -2.49. The molecule has 1 aromatic heterocycles. The first kappa shape index (κ1) is 19.8. The summed E-state index contributed by atoms with van der Waals surface area (Å²) >= 11 is 0. The van der Waals surface area contributed by atoms with Crippen molar-refractivity contribution in [1.82, 2.24) is 14.2 Å². The van der Waals surface area contributed by atoms with Gasteiger partial charge >= 0.3 is 0 Å². The van der Waals surface area contributed by atoms with Crippen LogP contribution in [0.15, 0.2) is 53.6 Å². The van der Waals surface area contributed by atoms with E-state index in [1.807, 2.05) is 29.2 Å². The summed E-state index contributed by atoms with van der Waals surface area (Å²) < 4.78 is 40.5. The molecule has 0 spiro atoms. The molecule has 29 heavy (non-hydrogen) atoms. The van der Waals surface area contributed by atoms with Crippen LogP contribution < -0.4 is 0 Å². The Bertz CT molecular complexity index is 1160. The van der Waals surface area contributed by atoms with Crippen molar-refractivity contribution in [2.24, 2.45) is 0 Å². The molecule has 1 aliphatic rings. The van der Waals surface area contributed by atoms with E-state index in [0.717, 1.165) is 10.9 Å². The number of H-pyrrole nitrogens is 1. The van der Waals surface area contributed by atoms with Gasteiger partial charge in [-0.05, 0) is 36.8 Å². The Morgan fingerprint density at radius 3 is 2.55 bits per heavy atom. The molecule has 1 saturated heterocycles. The third-order valence-corrected chi connectivity index (χ3v) is 7.25. The third kappa shape index (κ3) is 3.83. The van der Waals surface area contributed by atoms with Gasteiger partial charge in [0.1, 0.15) is 5.82 Å². The highest BCUT2D eigenvalue weighted by Crippen LogP contribution is 2.21. The fourth-order valence-corrected chi connectivity index (χ4v) is 5.15. The molecular formula is C21H22FN3O3S. The van der Waals surface area contributed by atoms with E-state index in [9.17, 15) is 17.6 Å².